The van der Waals surface area contributed by atoms with E-state index in [4.69, 9.17) is 9.15 Å². The number of carbonyl (C=O) groups excluding carboxylic acids is 1. The number of amides is 1. The predicted octanol–water partition coefficient (Wildman–Crippen LogP) is 4.11. The molecule has 134 valence electrons. The van der Waals surface area contributed by atoms with Crippen molar-refractivity contribution in [1.29, 1.82) is 0 Å². The molecule has 1 aromatic carbocycles. The molecule has 1 heterocycles. The van der Waals surface area contributed by atoms with Gasteiger partial charge in [0.1, 0.15) is 23.0 Å². The maximum atomic E-state index is 11.9. The van der Waals surface area contributed by atoms with Crippen LogP contribution in [0.3, 0.4) is 0 Å². The number of aryl methyl sites for hydroxylation is 2. The van der Waals surface area contributed by atoms with Crippen LogP contribution in [-0.4, -0.2) is 18.2 Å². The molecule has 25 heavy (non-hydrogen) atoms. The average Bonchev–Trinajstić information content (AvgIpc) is 2.97. The van der Waals surface area contributed by atoms with Crippen LogP contribution in [-0.2, 0) is 10.2 Å². The van der Waals surface area contributed by atoms with Gasteiger partial charge in [-0.15, -0.1) is 0 Å². The van der Waals surface area contributed by atoms with E-state index in [-0.39, 0.29) is 17.9 Å². The van der Waals surface area contributed by atoms with Gasteiger partial charge in [0.15, 0.2) is 6.61 Å². The lowest BCUT2D eigenvalue weighted by atomic mass is 9.86. The van der Waals surface area contributed by atoms with Gasteiger partial charge in [-0.1, -0.05) is 32.9 Å². The van der Waals surface area contributed by atoms with Crippen molar-refractivity contribution in [2.75, 3.05) is 6.61 Å². The van der Waals surface area contributed by atoms with Crippen molar-refractivity contribution >= 4 is 11.6 Å². The number of carbonyl (C=O) groups is 1. The topological polar surface area (TPSA) is 63.8 Å². The standard InChI is InChI=1S/C20H26N2O3/c1-13-11-16(20(4,5)6)8-10-17(13)24-12-19(23)22-21-15(3)18-9-7-14(2)25-18/h7-11H,12H2,1-6H3,(H,22,23)/b21-15-. The quantitative estimate of drug-likeness (QED) is 0.657. The summed E-state index contributed by atoms with van der Waals surface area (Å²) in [6.07, 6.45) is 0. The van der Waals surface area contributed by atoms with Gasteiger partial charge in [0, 0.05) is 0 Å². The molecule has 2 aromatic rings. The highest BCUT2D eigenvalue weighted by Gasteiger charge is 2.15. The molecule has 0 aliphatic rings. The number of benzene rings is 1. The molecule has 0 saturated heterocycles. The third-order valence-electron chi connectivity index (χ3n) is 3.84. The van der Waals surface area contributed by atoms with Crippen molar-refractivity contribution in [3.63, 3.8) is 0 Å². The number of rotatable bonds is 5. The third kappa shape index (κ3) is 5.21. The van der Waals surface area contributed by atoms with E-state index in [2.05, 4.69) is 37.4 Å². The van der Waals surface area contributed by atoms with Crippen LogP contribution < -0.4 is 10.2 Å². The van der Waals surface area contributed by atoms with Crippen LogP contribution in [0.2, 0.25) is 0 Å². The first kappa shape index (κ1) is 18.8. The van der Waals surface area contributed by atoms with E-state index in [0.29, 0.717) is 17.2 Å². The highest BCUT2D eigenvalue weighted by molar-refractivity contribution is 5.96. The Kier molecular flexibility index (Phi) is 5.67. The fourth-order valence-electron chi connectivity index (χ4n) is 2.28. The molecule has 2 rings (SSSR count). The Labute approximate surface area is 149 Å². The Hall–Kier alpha value is -2.56. The fraction of sp³-hybridized carbons (Fsp3) is 0.400. The summed E-state index contributed by atoms with van der Waals surface area (Å²) in [6, 6.07) is 9.69. The van der Waals surface area contributed by atoms with Gasteiger partial charge in [0.05, 0.1) is 0 Å². The maximum absolute atomic E-state index is 11.9. The third-order valence-corrected chi connectivity index (χ3v) is 3.84. The van der Waals surface area contributed by atoms with Gasteiger partial charge in [-0.25, -0.2) is 5.43 Å². The first-order valence-electron chi connectivity index (χ1n) is 8.30. The minimum Gasteiger partial charge on any atom is -0.483 e. The zero-order valence-corrected chi connectivity index (χ0v) is 15.8. The molecule has 5 nitrogen and oxygen atoms in total. The Morgan fingerprint density at radius 3 is 2.48 bits per heavy atom. The van der Waals surface area contributed by atoms with Crippen LogP contribution in [0.4, 0.5) is 0 Å². The molecule has 0 aliphatic carbocycles. The van der Waals surface area contributed by atoms with Crippen LogP contribution in [0.5, 0.6) is 5.75 Å². The zero-order chi connectivity index (χ0) is 18.6. The monoisotopic (exact) mass is 342 g/mol. The van der Waals surface area contributed by atoms with E-state index >= 15 is 0 Å². The van der Waals surface area contributed by atoms with Crippen molar-refractivity contribution in [1.82, 2.24) is 5.43 Å². The normalized spacial score (nSPS) is 12.2. The van der Waals surface area contributed by atoms with Crippen molar-refractivity contribution in [2.24, 2.45) is 5.10 Å². The summed E-state index contributed by atoms with van der Waals surface area (Å²) in [4.78, 5) is 11.9. The minimum absolute atomic E-state index is 0.0805. The second-order valence-electron chi connectivity index (χ2n) is 7.16. The SMILES string of the molecule is C/C(=N/NC(=O)COc1ccc(C(C)(C)C)cc1C)c1ccc(C)o1. The second-order valence-corrected chi connectivity index (χ2v) is 7.16. The molecular formula is C20H26N2O3. The van der Waals surface area contributed by atoms with Gasteiger partial charge in [0.2, 0.25) is 0 Å². The molecule has 1 aromatic heterocycles. The lowest BCUT2D eigenvalue weighted by molar-refractivity contribution is -0.123. The van der Waals surface area contributed by atoms with Crippen molar-refractivity contribution in [3.8, 4) is 5.75 Å². The summed E-state index contributed by atoms with van der Waals surface area (Å²) in [5.41, 5.74) is 5.40. The average molecular weight is 342 g/mol. The van der Waals surface area contributed by atoms with Gasteiger partial charge in [0.25, 0.3) is 5.91 Å². The Bertz CT molecular complexity index is 782. The number of hydrogen-bond acceptors (Lipinski definition) is 4. The fourth-order valence-corrected chi connectivity index (χ4v) is 2.28. The van der Waals surface area contributed by atoms with Crippen LogP contribution in [0.25, 0.3) is 0 Å². The molecule has 0 bridgehead atoms. The number of hydrogen-bond donors (Lipinski definition) is 1. The molecule has 0 fully saturated rings. The summed E-state index contributed by atoms with van der Waals surface area (Å²) in [5, 5.41) is 4.03. The van der Waals surface area contributed by atoms with Crippen LogP contribution >= 0.6 is 0 Å². The Morgan fingerprint density at radius 2 is 1.92 bits per heavy atom. The van der Waals surface area contributed by atoms with Crippen molar-refractivity contribution in [3.05, 3.63) is 53.0 Å². The van der Waals surface area contributed by atoms with E-state index in [1.54, 1.807) is 6.92 Å². The zero-order valence-electron chi connectivity index (χ0n) is 15.8. The summed E-state index contributed by atoms with van der Waals surface area (Å²) < 4.78 is 11.1. The number of ether oxygens (including phenoxy) is 1. The number of furan rings is 1. The molecule has 1 N–H and O–H groups in total. The van der Waals surface area contributed by atoms with E-state index in [1.165, 1.54) is 5.56 Å². The molecule has 5 heteroatoms. The predicted molar refractivity (Wildman–Crippen MR) is 99.2 cm³/mol. The van der Waals surface area contributed by atoms with Gasteiger partial charge < -0.3 is 9.15 Å². The molecule has 0 radical (unpaired) electrons. The minimum atomic E-state index is -0.318. The lowest BCUT2D eigenvalue weighted by Crippen LogP contribution is -2.25. The summed E-state index contributed by atoms with van der Waals surface area (Å²) in [6.45, 7) is 12.0. The van der Waals surface area contributed by atoms with E-state index in [9.17, 15) is 4.79 Å². The largest absolute Gasteiger partial charge is 0.483 e. The van der Waals surface area contributed by atoms with E-state index in [0.717, 1.165) is 11.3 Å². The first-order chi connectivity index (χ1) is 11.7. The number of nitrogens with zero attached hydrogens (tertiary/aromatic N) is 1. The second kappa shape index (κ2) is 7.55. The molecule has 1 amide bonds. The highest BCUT2D eigenvalue weighted by atomic mass is 16.5. The summed E-state index contributed by atoms with van der Waals surface area (Å²) >= 11 is 0. The van der Waals surface area contributed by atoms with Crippen LogP contribution in [0.15, 0.2) is 39.9 Å². The van der Waals surface area contributed by atoms with Gasteiger partial charge in [-0.3, -0.25) is 4.79 Å². The summed E-state index contributed by atoms with van der Waals surface area (Å²) in [5.74, 6) is 1.81. The molecular weight excluding hydrogens is 316 g/mol. The van der Waals surface area contributed by atoms with Crippen LogP contribution in [0, 0.1) is 13.8 Å². The molecule has 0 spiro atoms. The molecule has 0 unspecified atom stereocenters. The smallest absolute Gasteiger partial charge is 0.277 e. The molecule has 0 saturated carbocycles. The lowest BCUT2D eigenvalue weighted by Gasteiger charge is -2.20. The van der Waals surface area contributed by atoms with Crippen molar-refractivity contribution in [2.45, 2.75) is 47.0 Å². The Balaban J connectivity index is 1.92. The van der Waals surface area contributed by atoms with Gasteiger partial charge in [-0.2, -0.15) is 5.10 Å². The number of nitrogens with one attached hydrogen (secondary N) is 1. The highest BCUT2D eigenvalue weighted by Crippen LogP contribution is 2.27. The van der Waals surface area contributed by atoms with E-state index < -0.39 is 0 Å². The first-order valence-corrected chi connectivity index (χ1v) is 8.30. The van der Waals surface area contributed by atoms with Crippen molar-refractivity contribution < 1.29 is 13.9 Å². The maximum Gasteiger partial charge on any atom is 0.277 e. The number of hydrazone groups is 1. The molecule has 0 atom stereocenters. The van der Waals surface area contributed by atoms with Crippen LogP contribution in [0.1, 0.15) is 50.3 Å². The van der Waals surface area contributed by atoms with Gasteiger partial charge in [-0.05, 0) is 55.5 Å². The van der Waals surface area contributed by atoms with Gasteiger partial charge >= 0.3 is 0 Å². The Morgan fingerprint density at radius 1 is 1.20 bits per heavy atom. The van der Waals surface area contributed by atoms with E-state index in [1.807, 2.05) is 38.1 Å². The molecule has 0 aliphatic heterocycles. The summed E-state index contributed by atoms with van der Waals surface area (Å²) in [7, 11) is 0.